The van der Waals surface area contributed by atoms with E-state index < -0.39 is 5.97 Å². The Morgan fingerprint density at radius 3 is 3.07 bits per heavy atom. The summed E-state index contributed by atoms with van der Waals surface area (Å²) in [5.74, 6) is -0.923. The Labute approximate surface area is 83.9 Å². The van der Waals surface area contributed by atoms with Crippen LogP contribution in [0.2, 0.25) is 5.15 Å². The van der Waals surface area contributed by atoms with Gasteiger partial charge in [0.2, 0.25) is 0 Å². The molecule has 6 heteroatoms. The van der Waals surface area contributed by atoms with Gasteiger partial charge in [0.1, 0.15) is 0 Å². The van der Waals surface area contributed by atoms with Gasteiger partial charge in [0.05, 0.1) is 18.3 Å². The Morgan fingerprint density at radius 2 is 2.36 bits per heavy atom. The number of carboxylic acids is 1. The van der Waals surface area contributed by atoms with Crippen molar-refractivity contribution in [1.82, 2.24) is 14.6 Å². The van der Waals surface area contributed by atoms with Crippen LogP contribution in [0.3, 0.4) is 0 Å². The topological polar surface area (TPSA) is 67.5 Å². The number of aromatic nitrogens is 3. The fraction of sp³-hybridized carbons (Fsp3) is 0.125. The van der Waals surface area contributed by atoms with Gasteiger partial charge < -0.3 is 5.11 Å². The van der Waals surface area contributed by atoms with Gasteiger partial charge in [0.25, 0.3) is 0 Å². The number of nitrogens with zero attached hydrogens (tertiary/aromatic N) is 3. The summed E-state index contributed by atoms with van der Waals surface area (Å²) >= 11 is 5.77. The molecule has 14 heavy (non-hydrogen) atoms. The fourth-order valence-electron chi connectivity index (χ4n) is 1.13. The van der Waals surface area contributed by atoms with Gasteiger partial charge in [-0.15, -0.1) is 0 Å². The van der Waals surface area contributed by atoms with E-state index in [0.717, 1.165) is 0 Å². The first-order valence-electron chi connectivity index (χ1n) is 3.88. The summed E-state index contributed by atoms with van der Waals surface area (Å²) in [5, 5.41) is 12.9. The van der Waals surface area contributed by atoms with Crippen LogP contribution >= 0.6 is 11.6 Å². The minimum Gasteiger partial charge on any atom is -0.481 e. The van der Waals surface area contributed by atoms with E-state index in [1.807, 2.05) is 0 Å². The quantitative estimate of drug-likeness (QED) is 0.805. The van der Waals surface area contributed by atoms with E-state index in [9.17, 15) is 4.79 Å². The molecule has 0 bridgehead atoms. The molecule has 0 unspecified atom stereocenters. The Hall–Kier alpha value is -1.62. The van der Waals surface area contributed by atoms with Crippen LogP contribution in [0.5, 0.6) is 0 Å². The molecule has 0 aliphatic heterocycles. The standard InChI is InChI=1S/C8H6ClN3O2/c9-6-4-10-7-2-1-5(3-8(13)14)11-12(6)7/h1-2,4H,3H2,(H,13,14). The molecule has 0 aliphatic carbocycles. The monoisotopic (exact) mass is 211 g/mol. The Bertz CT molecular complexity index is 494. The molecule has 2 rings (SSSR count). The van der Waals surface area contributed by atoms with E-state index in [-0.39, 0.29) is 6.42 Å². The lowest BCUT2D eigenvalue weighted by atomic mass is 10.3. The number of fused-ring (bicyclic) bond motifs is 1. The molecule has 72 valence electrons. The number of hydrogen-bond acceptors (Lipinski definition) is 3. The molecule has 0 saturated heterocycles. The normalized spacial score (nSPS) is 10.6. The summed E-state index contributed by atoms with van der Waals surface area (Å²) < 4.78 is 1.40. The van der Waals surface area contributed by atoms with E-state index >= 15 is 0 Å². The molecule has 2 heterocycles. The van der Waals surface area contributed by atoms with Gasteiger partial charge in [-0.3, -0.25) is 4.79 Å². The summed E-state index contributed by atoms with van der Waals surface area (Å²) in [4.78, 5) is 14.4. The van der Waals surface area contributed by atoms with Crippen LogP contribution in [-0.4, -0.2) is 25.7 Å². The lowest BCUT2D eigenvalue weighted by molar-refractivity contribution is -0.136. The van der Waals surface area contributed by atoms with E-state index in [4.69, 9.17) is 16.7 Å². The molecule has 0 amide bonds. The van der Waals surface area contributed by atoms with Gasteiger partial charge in [-0.25, -0.2) is 9.50 Å². The molecule has 5 nitrogen and oxygen atoms in total. The van der Waals surface area contributed by atoms with Crippen molar-refractivity contribution in [3.8, 4) is 0 Å². The number of rotatable bonds is 2. The highest BCUT2D eigenvalue weighted by atomic mass is 35.5. The third-order valence-electron chi connectivity index (χ3n) is 1.71. The average molecular weight is 212 g/mol. The molecule has 0 fully saturated rings. The smallest absolute Gasteiger partial charge is 0.309 e. The van der Waals surface area contributed by atoms with E-state index in [1.165, 1.54) is 10.7 Å². The number of carboxylic acid groups (broad SMARTS) is 1. The zero-order valence-corrected chi connectivity index (χ0v) is 7.77. The molecule has 2 aromatic rings. The highest BCUT2D eigenvalue weighted by Crippen LogP contribution is 2.10. The molecule has 2 aromatic heterocycles. The van der Waals surface area contributed by atoms with Crippen LogP contribution in [0.25, 0.3) is 5.65 Å². The number of aliphatic carboxylic acids is 1. The molecule has 0 saturated carbocycles. The van der Waals surface area contributed by atoms with Crippen molar-refractivity contribution in [2.75, 3.05) is 0 Å². The van der Waals surface area contributed by atoms with Gasteiger partial charge in [-0.1, -0.05) is 11.6 Å². The summed E-state index contributed by atoms with van der Waals surface area (Å²) in [5.41, 5.74) is 1.05. The molecule has 0 atom stereocenters. The van der Waals surface area contributed by atoms with Crippen LogP contribution in [0.4, 0.5) is 0 Å². The lowest BCUT2D eigenvalue weighted by Gasteiger charge is -1.97. The van der Waals surface area contributed by atoms with E-state index in [2.05, 4.69) is 10.1 Å². The molecular weight excluding hydrogens is 206 g/mol. The second kappa shape index (κ2) is 3.26. The number of halogens is 1. The first-order chi connectivity index (χ1) is 6.66. The zero-order chi connectivity index (χ0) is 10.1. The Morgan fingerprint density at radius 1 is 1.57 bits per heavy atom. The maximum Gasteiger partial charge on any atom is 0.309 e. The van der Waals surface area contributed by atoms with Crippen molar-refractivity contribution >= 4 is 23.2 Å². The minimum absolute atomic E-state index is 0.121. The molecule has 0 radical (unpaired) electrons. The third kappa shape index (κ3) is 1.54. The van der Waals surface area contributed by atoms with Crippen LogP contribution in [0.1, 0.15) is 5.69 Å². The van der Waals surface area contributed by atoms with E-state index in [1.54, 1.807) is 12.1 Å². The predicted octanol–water partition coefficient (Wildman–Crippen LogP) is 1.01. The van der Waals surface area contributed by atoms with Crippen molar-refractivity contribution < 1.29 is 9.90 Å². The minimum atomic E-state index is -0.923. The van der Waals surface area contributed by atoms with Crippen LogP contribution in [0, 0.1) is 0 Å². The van der Waals surface area contributed by atoms with Gasteiger partial charge >= 0.3 is 5.97 Å². The first-order valence-corrected chi connectivity index (χ1v) is 4.25. The van der Waals surface area contributed by atoms with Crippen LogP contribution < -0.4 is 0 Å². The van der Waals surface area contributed by atoms with Crippen LogP contribution in [0.15, 0.2) is 18.3 Å². The zero-order valence-electron chi connectivity index (χ0n) is 7.01. The van der Waals surface area contributed by atoms with Crippen molar-refractivity contribution in [2.24, 2.45) is 0 Å². The first kappa shape index (κ1) is 8.96. The number of hydrogen-bond donors (Lipinski definition) is 1. The van der Waals surface area contributed by atoms with Gasteiger partial charge in [-0.2, -0.15) is 5.10 Å². The van der Waals surface area contributed by atoms with Gasteiger partial charge in [0, 0.05) is 0 Å². The predicted molar refractivity (Wildman–Crippen MR) is 49.3 cm³/mol. The van der Waals surface area contributed by atoms with E-state index in [0.29, 0.717) is 16.5 Å². The molecule has 0 aromatic carbocycles. The lowest BCUT2D eigenvalue weighted by Crippen LogP contribution is -2.05. The highest BCUT2D eigenvalue weighted by Gasteiger charge is 2.05. The van der Waals surface area contributed by atoms with Crippen molar-refractivity contribution in [2.45, 2.75) is 6.42 Å². The largest absolute Gasteiger partial charge is 0.481 e. The van der Waals surface area contributed by atoms with Crippen molar-refractivity contribution in [3.63, 3.8) is 0 Å². The second-order valence-electron chi connectivity index (χ2n) is 2.75. The second-order valence-corrected chi connectivity index (χ2v) is 3.13. The van der Waals surface area contributed by atoms with Crippen molar-refractivity contribution in [3.05, 3.63) is 29.2 Å². The molecule has 1 N–H and O–H groups in total. The summed E-state index contributed by atoms with van der Waals surface area (Å²) in [6.45, 7) is 0. The molecular formula is C8H6ClN3O2. The Balaban J connectivity index is 2.49. The number of carbonyl (C=O) groups is 1. The van der Waals surface area contributed by atoms with Crippen molar-refractivity contribution in [1.29, 1.82) is 0 Å². The SMILES string of the molecule is O=C(O)Cc1ccc2ncc(Cl)n2n1. The third-order valence-corrected chi connectivity index (χ3v) is 1.97. The maximum absolute atomic E-state index is 10.4. The van der Waals surface area contributed by atoms with Gasteiger partial charge in [0.15, 0.2) is 10.8 Å². The Kier molecular flexibility index (Phi) is 2.09. The average Bonchev–Trinajstić information content (AvgIpc) is 2.47. The number of imidazole rings is 1. The summed E-state index contributed by atoms with van der Waals surface area (Å²) in [7, 11) is 0. The van der Waals surface area contributed by atoms with Crippen LogP contribution in [-0.2, 0) is 11.2 Å². The molecule has 0 spiro atoms. The highest BCUT2D eigenvalue weighted by molar-refractivity contribution is 6.29. The summed E-state index contributed by atoms with van der Waals surface area (Å²) in [6.07, 6.45) is 1.35. The maximum atomic E-state index is 10.4. The fourth-order valence-corrected chi connectivity index (χ4v) is 1.31. The summed E-state index contributed by atoms with van der Waals surface area (Å²) in [6, 6.07) is 3.30. The van der Waals surface area contributed by atoms with Gasteiger partial charge in [-0.05, 0) is 12.1 Å². The molecule has 0 aliphatic rings.